The fourth-order valence-corrected chi connectivity index (χ4v) is 2.51. The molecular weight excluding hydrogens is 332 g/mol. The van der Waals surface area contributed by atoms with Crippen molar-refractivity contribution in [2.24, 2.45) is 11.8 Å². The average Bonchev–Trinajstić information content (AvgIpc) is 2.23. The minimum absolute atomic E-state index is 0.203. The van der Waals surface area contributed by atoms with Crippen LogP contribution in [0, 0.1) is 5.92 Å². The smallest absolute Gasteiger partial charge is 0.0471 e. The third-order valence-corrected chi connectivity index (χ3v) is 3.78. The van der Waals surface area contributed by atoms with E-state index in [1.807, 2.05) is 12.1 Å². The van der Waals surface area contributed by atoms with Crippen molar-refractivity contribution < 1.29 is 0 Å². The van der Waals surface area contributed by atoms with Gasteiger partial charge in [0.25, 0.3) is 0 Å². The highest BCUT2D eigenvalue weighted by atomic mass is 79.9. The molecule has 0 fully saturated rings. The number of nitrogens with one attached hydrogen (secondary N) is 1. The minimum Gasteiger partial charge on any atom is -0.271 e. The van der Waals surface area contributed by atoms with E-state index in [0.29, 0.717) is 5.92 Å². The Kier molecular flexibility index (Phi) is 5.97. The number of hydrogen-bond acceptors (Lipinski definition) is 2. The van der Waals surface area contributed by atoms with Gasteiger partial charge in [-0.2, -0.15) is 0 Å². The molecule has 0 heterocycles. The summed E-state index contributed by atoms with van der Waals surface area (Å²) in [5.41, 5.74) is 4.10. The van der Waals surface area contributed by atoms with Crippen molar-refractivity contribution in [2.75, 3.05) is 0 Å². The second-order valence-electron chi connectivity index (χ2n) is 4.36. The quantitative estimate of drug-likeness (QED) is 0.619. The predicted octanol–water partition coefficient (Wildman–Crippen LogP) is 4.15. The van der Waals surface area contributed by atoms with Gasteiger partial charge in [0.15, 0.2) is 0 Å². The topological polar surface area (TPSA) is 38.0 Å². The van der Waals surface area contributed by atoms with Gasteiger partial charge < -0.3 is 0 Å². The van der Waals surface area contributed by atoms with E-state index in [-0.39, 0.29) is 6.04 Å². The molecule has 0 aliphatic carbocycles. The molecule has 4 heteroatoms. The van der Waals surface area contributed by atoms with Gasteiger partial charge in [0, 0.05) is 15.0 Å². The van der Waals surface area contributed by atoms with Crippen molar-refractivity contribution >= 4 is 31.9 Å². The first kappa shape index (κ1) is 14.2. The molecule has 16 heavy (non-hydrogen) atoms. The molecule has 0 saturated carbocycles. The van der Waals surface area contributed by atoms with Crippen molar-refractivity contribution in [1.29, 1.82) is 0 Å². The standard InChI is InChI=1S/C12H18Br2N2/c1-8(2)3-6-12(16-15)10-7-9(13)4-5-11(10)14/h4-5,7-8,12,16H,3,6,15H2,1-2H3. The maximum atomic E-state index is 5.62. The van der Waals surface area contributed by atoms with E-state index >= 15 is 0 Å². The zero-order chi connectivity index (χ0) is 12.1. The first-order chi connectivity index (χ1) is 7.54. The van der Waals surface area contributed by atoms with Crippen molar-refractivity contribution in [1.82, 2.24) is 5.43 Å². The molecule has 1 atom stereocenters. The van der Waals surface area contributed by atoms with Crippen molar-refractivity contribution in [3.8, 4) is 0 Å². The van der Waals surface area contributed by atoms with Crippen molar-refractivity contribution in [2.45, 2.75) is 32.7 Å². The lowest BCUT2D eigenvalue weighted by Crippen LogP contribution is -2.28. The first-order valence-corrected chi connectivity index (χ1v) is 7.04. The predicted molar refractivity (Wildman–Crippen MR) is 76.0 cm³/mol. The molecule has 0 aliphatic heterocycles. The summed E-state index contributed by atoms with van der Waals surface area (Å²) in [5, 5.41) is 0. The number of rotatable bonds is 5. The Labute approximate surface area is 114 Å². The van der Waals surface area contributed by atoms with Crippen molar-refractivity contribution in [3.05, 3.63) is 32.7 Å². The molecule has 0 radical (unpaired) electrons. The van der Waals surface area contributed by atoms with Crippen LogP contribution in [0.3, 0.4) is 0 Å². The summed E-state index contributed by atoms with van der Waals surface area (Å²) in [6.45, 7) is 4.45. The van der Waals surface area contributed by atoms with E-state index in [9.17, 15) is 0 Å². The Morgan fingerprint density at radius 3 is 2.50 bits per heavy atom. The van der Waals surface area contributed by atoms with E-state index in [1.54, 1.807) is 0 Å². The van der Waals surface area contributed by atoms with E-state index in [4.69, 9.17) is 5.84 Å². The molecule has 0 spiro atoms. The average molecular weight is 350 g/mol. The van der Waals surface area contributed by atoms with Crippen LogP contribution < -0.4 is 11.3 Å². The van der Waals surface area contributed by atoms with E-state index in [0.717, 1.165) is 21.8 Å². The van der Waals surface area contributed by atoms with E-state index < -0.39 is 0 Å². The van der Waals surface area contributed by atoms with Gasteiger partial charge in [0.2, 0.25) is 0 Å². The number of benzene rings is 1. The van der Waals surface area contributed by atoms with Gasteiger partial charge in [-0.25, -0.2) is 0 Å². The van der Waals surface area contributed by atoms with Crippen LogP contribution in [0.15, 0.2) is 27.1 Å². The molecule has 1 aromatic carbocycles. The highest BCUT2D eigenvalue weighted by Crippen LogP contribution is 2.29. The molecule has 1 rings (SSSR count). The zero-order valence-corrected chi connectivity index (χ0v) is 12.8. The number of halogens is 2. The van der Waals surface area contributed by atoms with Gasteiger partial charge in [-0.1, -0.05) is 45.7 Å². The van der Waals surface area contributed by atoms with Crippen LogP contribution in [0.4, 0.5) is 0 Å². The van der Waals surface area contributed by atoms with Gasteiger partial charge in [0.05, 0.1) is 0 Å². The fraction of sp³-hybridized carbons (Fsp3) is 0.500. The molecule has 1 aromatic rings. The molecular formula is C12H18Br2N2. The third kappa shape index (κ3) is 4.17. The molecule has 0 amide bonds. The molecule has 0 aromatic heterocycles. The number of hydrogen-bond donors (Lipinski definition) is 2. The van der Waals surface area contributed by atoms with E-state index in [1.165, 1.54) is 5.56 Å². The second kappa shape index (κ2) is 6.74. The Balaban J connectivity index is 2.81. The molecule has 1 unspecified atom stereocenters. The van der Waals surface area contributed by atoms with Crippen LogP contribution in [0.25, 0.3) is 0 Å². The lowest BCUT2D eigenvalue weighted by molar-refractivity contribution is 0.447. The Bertz CT molecular complexity index is 340. The molecule has 90 valence electrons. The summed E-state index contributed by atoms with van der Waals surface area (Å²) >= 11 is 7.05. The largest absolute Gasteiger partial charge is 0.271 e. The maximum absolute atomic E-state index is 5.62. The van der Waals surface area contributed by atoms with Gasteiger partial charge in [-0.05, 0) is 42.5 Å². The molecule has 3 N–H and O–H groups in total. The van der Waals surface area contributed by atoms with Crippen molar-refractivity contribution in [3.63, 3.8) is 0 Å². The number of hydrazine groups is 1. The van der Waals surface area contributed by atoms with E-state index in [2.05, 4.69) is 57.2 Å². The molecule has 0 aliphatic rings. The van der Waals surface area contributed by atoms with Crippen LogP contribution in [-0.2, 0) is 0 Å². The summed E-state index contributed by atoms with van der Waals surface area (Å²) in [4.78, 5) is 0. The number of nitrogens with two attached hydrogens (primary N) is 1. The van der Waals surface area contributed by atoms with Gasteiger partial charge >= 0.3 is 0 Å². The van der Waals surface area contributed by atoms with Gasteiger partial charge in [0.1, 0.15) is 0 Å². The zero-order valence-electron chi connectivity index (χ0n) is 9.63. The summed E-state index contributed by atoms with van der Waals surface area (Å²) in [6.07, 6.45) is 2.21. The molecule has 0 bridgehead atoms. The summed E-state index contributed by atoms with van der Waals surface area (Å²) in [6, 6.07) is 6.37. The minimum atomic E-state index is 0.203. The van der Waals surface area contributed by atoms with Crippen LogP contribution in [0.5, 0.6) is 0 Å². The second-order valence-corrected chi connectivity index (χ2v) is 6.13. The Morgan fingerprint density at radius 2 is 1.94 bits per heavy atom. The summed E-state index contributed by atoms with van der Waals surface area (Å²) < 4.78 is 2.18. The highest BCUT2D eigenvalue weighted by molar-refractivity contribution is 9.11. The molecule has 0 saturated heterocycles. The monoisotopic (exact) mass is 348 g/mol. The Hall–Kier alpha value is 0.1000. The Morgan fingerprint density at radius 1 is 1.25 bits per heavy atom. The van der Waals surface area contributed by atoms with Crippen LogP contribution in [0.2, 0.25) is 0 Å². The van der Waals surface area contributed by atoms with Gasteiger partial charge in [-0.3, -0.25) is 11.3 Å². The maximum Gasteiger partial charge on any atom is 0.0471 e. The lowest BCUT2D eigenvalue weighted by Gasteiger charge is -2.19. The third-order valence-electron chi connectivity index (χ3n) is 2.57. The summed E-state index contributed by atoms with van der Waals surface area (Å²) in [7, 11) is 0. The first-order valence-electron chi connectivity index (χ1n) is 5.45. The fourth-order valence-electron chi connectivity index (χ4n) is 1.61. The highest BCUT2D eigenvalue weighted by Gasteiger charge is 2.13. The van der Waals surface area contributed by atoms with Gasteiger partial charge in [-0.15, -0.1) is 0 Å². The van der Waals surface area contributed by atoms with Crippen LogP contribution in [0.1, 0.15) is 38.3 Å². The lowest BCUT2D eigenvalue weighted by atomic mass is 9.98. The molecule has 2 nitrogen and oxygen atoms in total. The SMILES string of the molecule is CC(C)CCC(NN)c1cc(Br)ccc1Br. The van der Waals surface area contributed by atoms with Crippen LogP contribution in [-0.4, -0.2) is 0 Å². The van der Waals surface area contributed by atoms with Crippen LogP contribution >= 0.6 is 31.9 Å². The normalized spacial score (nSPS) is 13.1. The summed E-state index contributed by atoms with van der Waals surface area (Å²) in [5.74, 6) is 6.32.